The monoisotopic (exact) mass is 528 g/mol. The third-order valence-corrected chi connectivity index (χ3v) is 9.21. The number of halogens is 1. The molecule has 5 nitrogen and oxygen atoms in total. The van der Waals surface area contributed by atoms with Crippen LogP contribution in [0.5, 0.6) is 11.5 Å². The quantitative estimate of drug-likeness (QED) is 0.333. The van der Waals surface area contributed by atoms with Crippen LogP contribution in [0.15, 0.2) is 53.0 Å². The lowest BCUT2D eigenvalue weighted by atomic mass is 9.95. The van der Waals surface area contributed by atoms with E-state index in [9.17, 15) is 14.2 Å². The molecule has 0 saturated carbocycles. The summed E-state index contributed by atoms with van der Waals surface area (Å²) >= 11 is 3.38. The summed E-state index contributed by atoms with van der Waals surface area (Å²) in [6.07, 6.45) is 0. The minimum atomic E-state index is -4.35. The van der Waals surface area contributed by atoms with E-state index >= 15 is 0 Å². The second kappa shape index (κ2) is 9.66. The molecule has 1 unspecified atom stereocenters. The van der Waals surface area contributed by atoms with Gasteiger partial charge in [0.15, 0.2) is 0 Å². The molecule has 0 aliphatic rings. The number of benzene rings is 3. The first-order chi connectivity index (χ1) is 15.6. The fraction of sp³-hybridized carbons (Fsp3) is 0.231. The van der Waals surface area contributed by atoms with Gasteiger partial charge in [-0.2, -0.15) is 0 Å². The van der Waals surface area contributed by atoms with Gasteiger partial charge in [0, 0.05) is 10.9 Å². The van der Waals surface area contributed by atoms with Gasteiger partial charge >= 0.3 is 0 Å². The third kappa shape index (κ3) is 4.18. The van der Waals surface area contributed by atoms with Gasteiger partial charge in [0.25, 0.3) is 0 Å². The molecule has 0 radical (unpaired) electrons. The van der Waals surface area contributed by atoms with Crippen LogP contribution < -0.4 is 14.8 Å². The highest BCUT2D eigenvalue weighted by molar-refractivity contribution is 9.10. The molecule has 7 heteroatoms. The Kier molecular flexibility index (Phi) is 7.30. The Balaban J connectivity index is 2.38. The topological polar surface area (TPSA) is 69.7 Å². The minimum absolute atomic E-state index is 0.0333. The van der Waals surface area contributed by atoms with Crippen molar-refractivity contribution in [3.05, 3.63) is 86.4 Å². The van der Waals surface area contributed by atoms with Crippen molar-refractivity contribution < 1.29 is 23.6 Å². The Bertz CT molecular complexity index is 1300. The molecule has 3 aromatic carbocycles. The highest BCUT2D eigenvalue weighted by Gasteiger charge is 2.46. The molecule has 1 atom stereocenters. The number of hydrogen-bond donors (Lipinski definition) is 0. The Morgan fingerprint density at radius 1 is 0.788 bits per heavy atom. The third-order valence-electron chi connectivity index (χ3n) is 5.97. The van der Waals surface area contributed by atoms with Crippen LogP contribution >= 0.6 is 23.1 Å². The molecule has 0 N–H and O–H groups in total. The maximum Gasteiger partial charge on any atom is 0.249 e. The summed E-state index contributed by atoms with van der Waals surface area (Å²) in [5.74, 6) is 0.342. The molecule has 0 heterocycles. The Hall–Kier alpha value is -2.69. The van der Waals surface area contributed by atoms with Gasteiger partial charge < -0.3 is 14.0 Å². The first kappa shape index (κ1) is 24.9. The second-order valence-corrected chi connectivity index (χ2v) is 11.3. The van der Waals surface area contributed by atoms with Gasteiger partial charge in [-0.3, -0.25) is 9.59 Å². The molecule has 33 heavy (non-hydrogen) atoms. The van der Waals surface area contributed by atoms with E-state index in [-0.39, 0.29) is 22.4 Å². The van der Waals surface area contributed by atoms with Crippen molar-refractivity contribution >= 4 is 39.4 Å². The molecular formula is C26H26BrO5P. The molecule has 172 valence electrons. The van der Waals surface area contributed by atoms with Crippen LogP contribution in [0.3, 0.4) is 0 Å². The number of methoxy groups -OCH3 is 2. The molecule has 0 aliphatic carbocycles. The first-order valence-electron chi connectivity index (χ1n) is 10.3. The van der Waals surface area contributed by atoms with E-state index in [1.54, 1.807) is 49.4 Å². The summed E-state index contributed by atoms with van der Waals surface area (Å²) in [7, 11) is -1.53. The van der Waals surface area contributed by atoms with Crippen LogP contribution in [0, 0.1) is 27.7 Å². The van der Waals surface area contributed by atoms with E-state index in [2.05, 4.69) is 15.9 Å². The van der Waals surface area contributed by atoms with E-state index in [1.807, 2.05) is 26.8 Å². The van der Waals surface area contributed by atoms with Crippen molar-refractivity contribution in [2.24, 2.45) is 0 Å². The fourth-order valence-electron chi connectivity index (χ4n) is 4.00. The summed E-state index contributed by atoms with van der Waals surface area (Å²) < 4.78 is 26.1. The predicted molar refractivity (Wildman–Crippen MR) is 135 cm³/mol. The van der Waals surface area contributed by atoms with Gasteiger partial charge in [0.2, 0.25) is 18.2 Å². The molecule has 0 fully saturated rings. The van der Waals surface area contributed by atoms with Gasteiger partial charge in [-0.05, 0) is 78.0 Å². The largest absolute Gasteiger partial charge is 0.496 e. The van der Waals surface area contributed by atoms with E-state index < -0.39 is 18.2 Å². The van der Waals surface area contributed by atoms with Crippen molar-refractivity contribution in [3.63, 3.8) is 0 Å². The van der Waals surface area contributed by atoms with Crippen molar-refractivity contribution in [1.29, 1.82) is 0 Å². The van der Waals surface area contributed by atoms with E-state index in [0.29, 0.717) is 15.6 Å². The van der Waals surface area contributed by atoms with E-state index in [1.165, 1.54) is 14.2 Å². The molecule has 0 saturated heterocycles. The molecule has 0 bridgehead atoms. The lowest BCUT2D eigenvalue weighted by Crippen LogP contribution is -2.23. The lowest BCUT2D eigenvalue weighted by Gasteiger charge is -2.22. The molecule has 0 spiro atoms. The van der Waals surface area contributed by atoms with E-state index in [4.69, 9.17) is 9.47 Å². The smallest absolute Gasteiger partial charge is 0.249 e. The molecule has 0 amide bonds. The molecular weight excluding hydrogens is 503 g/mol. The van der Waals surface area contributed by atoms with Crippen LogP contribution in [0.2, 0.25) is 0 Å². The number of aryl methyl sites for hydroxylation is 2. The maximum atomic E-state index is 14.7. The second-order valence-electron chi connectivity index (χ2n) is 7.85. The number of rotatable bonds is 7. The summed E-state index contributed by atoms with van der Waals surface area (Å²) in [5.41, 5.74) is 2.10. The average Bonchev–Trinajstić information content (AvgIpc) is 2.81. The summed E-state index contributed by atoms with van der Waals surface area (Å²) in [4.78, 5) is 28.2. The Labute approximate surface area is 202 Å². The number of ether oxygens (including phenoxy) is 2. The minimum Gasteiger partial charge on any atom is -0.496 e. The van der Waals surface area contributed by atoms with Gasteiger partial charge in [0.1, 0.15) is 17.1 Å². The summed E-state index contributed by atoms with van der Waals surface area (Å²) in [6.45, 7) is 7.49. The van der Waals surface area contributed by atoms with Gasteiger partial charge in [-0.1, -0.05) is 36.4 Å². The predicted octanol–water partition coefficient (Wildman–Crippen LogP) is 6.37. The standard InChI is InChI=1S/C26H26BrO5P/c1-15-14-16(2)22(18(4)17(15)3)25(28)33(30,19-10-8-7-9-11-19)26(29)23-21(31-5)13-12-20(27)24(23)32-6/h7-14H,1-6H3. The number of hydrogen-bond acceptors (Lipinski definition) is 5. The highest BCUT2D eigenvalue weighted by Crippen LogP contribution is 2.55. The van der Waals surface area contributed by atoms with Crippen LogP contribution in [-0.4, -0.2) is 25.3 Å². The number of carbonyl (C=O) groups excluding carboxylic acids is 2. The van der Waals surface area contributed by atoms with Crippen molar-refractivity contribution in [2.75, 3.05) is 14.2 Å². The number of carbonyl (C=O) groups is 2. The highest BCUT2D eigenvalue weighted by atomic mass is 79.9. The van der Waals surface area contributed by atoms with Gasteiger partial charge in [-0.25, -0.2) is 0 Å². The lowest BCUT2D eigenvalue weighted by molar-refractivity contribution is 0.103. The zero-order valence-corrected chi connectivity index (χ0v) is 22.0. The van der Waals surface area contributed by atoms with Crippen LogP contribution in [0.1, 0.15) is 43.0 Å². The van der Waals surface area contributed by atoms with Crippen molar-refractivity contribution in [1.82, 2.24) is 0 Å². The first-order valence-corrected chi connectivity index (χ1v) is 12.8. The van der Waals surface area contributed by atoms with Crippen molar-refractivity contribution in [2.45, 2.75) is 27.7 Å². The Morgan fingerprint density at radius 2 is 1.39 bits per heavy atom. The zero-order valence-electron chi connectivity index (χ0n) is 19.5. The molecule has 3 rings (SSSR count). The summed E-state index contributed by atoms with van der Waals surface area (Å²) in [6, 6.07) is 13.3. The van der Waals surface area contributed by atoms with Crippen molar-refractivity contribution in [3.8, 4) is 11.5 Å². The zero-order chi connectivity index (χ0) is 24.5. The fourth-order valence-corrected chi connectivity index (χ4v) is 6.93. The molecule has 0 aromatic heterocycles. The van der Waals surface area contributed by atoms with Gasteiger partial charge in [0.05, 0.1) is 18.7 Å². The average molecular weight is 529 g/mol. The Morgan fingerprint density at radius 3 is 1.97 bits per heavy atom. The van der Waals surface area contributed by atoms with Crippen LogP contribution in [0.4, 0.5) is 0 Å². The molecule has 3 aromatic rings. The van der Waals surface area contributed by atoms with Gasteiger partial charge in [-0.15, -0.1) is 0 Å². The normalized spacial score (nSPS) is 12.7. The van der Waals surface area contributed by atoms with E-state index in [0.717, 1.165) is 16.7 Å². The molecule has 0 aliphatic heterocycles. The summed E-state index contributed by atoms with van der Waals surface area (Å²) in [5, 5.41) is 0.168. The van der Waals surface area contributed by atoms with Crippen LogP contribution in [-0.2, 0) is 4.57 Å². The SMILES string of the molecule is COc1ccc(Br)c(OC)c1C(=O)P(=O)(C(=O)c1c(C)cc(C)c(C)c1C)c1ccccc1. The maximum absolute atomic E-state index is 14.7. The van der Waals surface area contributed by atoms with Crippen LogP contribution in [0.25, 0.3) is 0 Å².